The van der Waals surface area contributed by atoms with Crippen molar-refractivity contribution in [3.8, 4) is 0 Å². The first kappa shape index (κ1) is 20.6. The third kappa shape index (κ3) is 5.40. The number of nitrogens with zero attached hydrogens (tertiary/aromatic N) is 3. The summed E-state index contributed by atoms with van der Waals surface area (Å²) < 4.78 is 26.7. The zero-order valence-electron chi connectivity index (χ0n) is 15.6. The summed E-state index contributed by atoms with van der Waals surface area (Å²) in [6.07, 6.45) is 3.38. The van der Waals surface area contributed by atoms with E-state index < -0.39 is 9.84 Å². The van der Waals surface area contributed by atoms with Crippen molar-refractivity contribution in [3.05, 3.63) is 47.8 Å². The minimum atomic E-state index is -3.37. The molecule has 0 atom stereocenters. The average molecular weight is 380 g/mol. The van der Waals surface area contributed by atoms with Crippen LogP contribution in [0.1, 0.15) is 31.5 Å². The van der Waals surface area contributed by atoms with Crippen LogP contribution < -0.4 is 0 Å². The van der Waals surface area contributed by atoms with E-state index in [2.05, 4.69) is 22.0 Å². The number of hydrogen-bond acceptors (Lipinski definition) is 5. The second-order valence-corrected chi connectivity index (χ2v) is 8.44. The van der Waals surface area contributed by atoms with Crippen molar-refractivity contribution in [1.29, 1.82) is 0 Å². The van der Waals surface area contributed by atoms with E-state index in [4.69, 9.17) is 0 Å². The van der Waals surface area contributed by atoms with Crippen LogP contribution >= 0.6 is 0 Å². The number of sulfone groups is 1. The van der Waals surface area contributed by atoms with E-state index in [-0.39, 0.29) is 17.5 Å². The third-order valence-electron chi connectivity index (χ3n) is 4.50. The normalized spacial score (nSPS) is 12.0. The fraction of sp³-hybridized carbons (Fsp3) is 0.526. The minimum absolute atomic E-state index is 0.0380. The fourth-order valence-electron chi connectivity index (χ4n) is 2.94. The van der Waals surface area contributed by atoms with Crippen molar-refractivity contribution in [2.45, 2.75) is 44.9 Å². The van der Waals surface area contributed by atoms with Gasteiger partial charge in [-0.1, -0.05) is 44.2 Å². The van der Waals surface area contributed by atoms with Crippen LogP contribution in [0.5, 0.6) is 0 Å². The van der Waals surface area contributed by atoms with Crippen LogP contribution in [0.25, 0.3) is 0 Å². The minimum Gasteiger partial charge on any atom is -0.395 e. The van der Waals surface area contributed by atoms with Gasteiger partial charge in [-0.15, -0.1) is 0 Å². The Kier molecular flexibility index (Phi) is 7.81. The Morgan fingerprint density at radius 3 is 2.54 bits per heavy atom. The fourth-order valence-corrected chi connectivity index (χ4v) is 3.96. The molecular weight excluding hydrogens is 350 g/mol. The second kappa shape index (κ2) is 9.85. The molecule has 0 spiro atoms. The van der Waals surface area contributed by atoms with Gasteiger partial charge in [-0.05, 0) is 24.9 Å². The van der Waals surface area contributed by atoms with Gasteiger partial charge in [-0.2, -0.15) is 0 Å². The molecule has 1 aromatic heterocycles. The highest BCUT2D eigenvalue weighted by molar-refractivity contribution is 7.91. The lowest BCUT2D eigenvalue weighted by atomic mass is 10.1. The predicted octanol–water partition coefficient (Wildman–Crippen LogP) is 2.12. The molecule has 0 radical (unpaired) electrons. The van der Waals surface area contributed by atoms with Crippen LogP contribution in [-0.4, -0.2) is 53.4 Å². The monoisotopic (exact) mass is 379 g/mol. The van der Waals surface area contributed by atoms with E-state index in [9.17, 15) is 13.5 Å². The van der Waals surface area contributed by atoms with E-state index in [0.717, 1.165) is 25.1 Å². The van der Waals surface area contributed by atoms with Gasteiger partial charge in [0.15, 0.2) is 0 Å². The molecule has 2 rings (SSSR count). The second-order valence-electron chi connectivity index (χ2n) is 6.27. The van der Waals surface area contributed by atoms with Gasteiger partial charge < -0.3 is 9.67 Å². The Labute approximate surface area is 156 Å². The van der Waals surface area contributed by atoms with Gasteiger partial charge in [0, 0.05) is 19.6 Å². The van der Waals surface area contributed by atoms with Crippen LogP contribution in [-0.2, 0) is 29.3 Å². The average Bonchev–Trinajstić information content (AvgIpc) is 3.05. The SMILES string of the molecule is CCN(CCO)Cc1cnc(S(=O)(=O)CC)n1CCCc1ccccc1. The first-order valence-corrected chi connectivity index (χ1v) is 10.8. The molecule has 0 bridgehead atoms. The molecule has 144 valence electrons. The van der Waals surface area contributed by atoms with Crippen molar-refractivity contribution in [3.63, 3.8) is 0 Å². The highest BCUT2D eigenvalue weighted by Crippen LogP contribution is 2.17. The Hall–Kier alpha value is -1.70. The molecule has 0 saturated heterocycles. The number of aryl methyl sites for hydroxylation is 1. The third-order valence-corrected chi connectivity index (χ3v) is 6.14. The van der Waals surface area contributed by atoms with Crippen molar-refractivity contribution in [2.75, 3.05) is 25.4 Å². The largest absolute Gasteiger partial charge is 0.395 e. The molecule has 7 heteroatoms. The van der Waals surface area contributed by atoms with Crippen LogP contribution in [0.15, 0.2) is 41.7 Å². The molecule has 6 nitrogen and oxygen atoms in total. The summed E-state index contributed by atoms with van der Waals surface area (Å²) >= 11 is 0. The molecule has 26 heavy (non-hydrogen) atoms. The lowest BCUT2D eigenvalue weighted by Crippen LogP contribution is -2.27. The smallest absolute Gasteiger partial charge is 0.227 e. The maximum Gasteiger partial charge on any atom is 0.227 e. The molecular formula is C19H29N3O3S. The molecule has 2 aromatic rings. The van der Waals surface area contributed by atoms with Gasteiger partial charge in [0.25, 0.3) is 0 Å². The van der Waals surface area contributed by atoms with Gasteiger partial charge in [0.05, 0.1) is 24.3 Å². The van der Waals surface area contributed by atoms with E-state index in [0.29, 0.717) is 19.6 Å². The number of rotatable bonds is 11. The summed E-state index contributed by atoms with van der Waals surface area (Å²) in [5.41, 5.74) is 2.12. The molecule has 0 aliphatic rings. The zero-order chi connectivity index (χ0) is 19.0. The molecule has 1 heterocycles. The van der Waals surface area contributed by atoms with E-state index in [1.807, 2.05) is 29.7 Å². The molecule has 0 aliphatic carbocycles. The number of aliphatic hydroxyl groups excluding tert-OH is 1. The van der Waals surface area contributed by atoms with E-state index in [1.54, 1.807) is 13.1 Å². The highest BCUT2D eigenvalue weighted by atomic mass is 32.2. The first-order valence-electron chi connectivity index (χ1n) is 9.16. The number of benzene rings is 1. The molecule has 0 aliphatic heterocycles. The molecule has 1 aromatic carbocycles. The lowest BCUT2D eigenvalue weighted by molar-refractivity contribution is 0.193. The van der Waals surface area contributed by atoms with Crippen LogP contribution in [0, 0.1) is 0 Å². The Bertz CT molecular complexity index is 773. The first-order chi connectivity index (χ1) is 12.5. The Balaban J connectivity index is 2.20. The standard InChI is InChI=1S/C19H29N3O3S/c1-3-21(13-14-23)16-18-15-20-19(26(24,25)4-2)22(18)12-8-11-17-9-6-5-7-10-17/h5-7,9-10,15,23H,3-4,8,11-14,16H2,1-2H3. The Morgan fingerprint density at radius 2 is 1.92 bits per heavy atom. The lowest BCUT2D eigenvalue weighted by Gasteiger charge is -2.20. The molecule has 0 fully saturated rings. The topological polar surface area (TPSA) is 75.4 Å². The van der Waals surface area contributed by atoms with Crippen molar-refractivity contribution in [2.24, 2.45) is 0 Å². The zero-order valence-corrected chi connectivity index (χ0v) is 16.5. The Morgan fingerprint density at radius 1 is 1.19 bits per heavy atom. The summed E-state index contributed by atoms with van der Waals surface area (Å²) in [4.78, 5) is 6.29. The van der Waals surface area contributed by atoms with E-state index >= 15 is 0 Å². The van der Waals surface area contributed by atoms with Crippen molar-refractivity contribution in [1.82, 2.24) is 14.5 Å². The number of imidazole rings is 1. The summed E-state index contributed by atoms with van der Waals surface area (Å²) in [6.45, 7) is 6.27. The number of likely N-dealkylation sites (N-methyl/N-ethyl adjacent to an activating group) is 1. The molecule has 0 saturated carbocycles. The predicted molar refractivity (Wildman–Crippen MR) is 103 cm³/mol. The molecule has 0 unspecified atom stereocenters. The summed E-state index contributed by atoms with van der Waals surface area (Å²) in [5.74, 6) is 0.0380. The van der Waals surface area contributed by atoms with Gasteiger partial charge in [-0.3, -0.25) is 4.90 Å². The van der Waals surface area contributed by atoms with Crippen LogP contribution in [0.2, 0.25) is 0 Å². The van der Waals surface area contributed by atoms with Crippen LogP contribution in [0.4, 0.5) is 0 Å². The van der Waals surface area contributed by atoms with Gasteiger partial charge >= 0.3 is 0 Å². The van der Waals surface area contributed by atoms with Crippen molar-refractivity contribution >= 4 is 9.84 Å². The summed E-state index contributed by atoms with van der Waals surface area (Å²) in [7, 11) is -3.37. The summed E-state index contributed by atoms with van der Waals surface area (Å²) in [5, 5.41) is 9.35. The van der Waals surface area contributed by atoms with Crippen molar-refractivity contribution < 1.29 is 13.5 Å². The van der Waals surface area contributed by atoms with Gasteiger partial charge in [0.2, 0.25) is 15.0 Å². The maximum atomic E-state index is 12.4. The number of hydrogen-bond donors (Lipinski definition) is 1. The van der Waals surface area contributed by atoms with E-state index in [1.165, 1.54) is 5.56 Å². The van der Waals surface area contributed by atoms with Gasteiger partial charge in [-0.25, -0.2) is 13.4 Å². The summed E-state index contributed by atoms with van der Waals surface area (Å²) in [6, 6.07) is 10.2. The van der Waals surface area contributed by atoms with Gasteiger partial charge in [0.1, 0.15) is 0 Å². The number of aromatic nitrogens is 2. The quantitative estimate of drug-likeness (QED) is 0.647. The number of aliphatic hydroxyl groups is 1. The molecule has 0 amide bonds. The molecule has 1 N–H and O–H groups in total. The maximum absolute atomic E-state index is 12.4. The highest BCUT2D eigenvalue weighted by Gasteiger charge is 2.22. The van der Waals surface area contributed by atoms with Crippen LogP contribution in [0.3, 0.4) is 0 Å².